The zero-order valence-electron chi connectivity index (χ0n) is 8.51. The molecule has 1 atom stereocenters. The molecular formula is C12H10N2O2. The predicted octanol–water partition coefficient (Wildman–Crippen LogP) is 2.02. The number of alkyl carbamates (subject to hydrolysis) is 1. The lowest BCUT2D eigenvalue weighted by Gasteiger charge is -2.07. The molecule has 1 aliphatic heterocycles. The van der Waals surface area contributed by atoms with Gasteiger partial charge in [0.1, 0.15) is 12.6 Å². The van der Waals surface area contributed by atoms with Crippen molar-refractivity contribution < 1.29 is 9.53 Å². The van der Waals surface area contributed by atoms with Gasteiger partial charge in [0.25, 0.3) is 0 Å². The zero-order valence-corrected chi connectivity index (χ0v) is 8.51. The highest BCUT2D eigenvalue weighted by atomic mass is 16.6. The first kappa shape index (κ1) is 9.15. The number of hydrogen-bond donors (Lipinski definition) is 1. The van der Waals surface area contributed by atoms with E-state index in [0.29, 0.717) is 6.61 Å². The van der Waals surface area contributed by atoms with E-state index in [1.165, 1.54) is 0 Å². The summed E-state index contributed by atoms with van der Waals surface area (Å²) in [7, 11) is 0. The first-order valence-electron chi connectivity index (χ1n) is 5.12. The van der Waals surface area contributed by atoms with E-state index in [1.807, 2.05) is 36.4 Å². The summed E-state index contributed by atoms with van der Waals surface area (Å²) in [5.74, 6) is 0. The van der Waals surface area contributed by atoms with Crippen molar-refractivity contribution in [2.24, 2.45) is 0 Å². The number of rotatable bonds is 1. The third-order valence-corrected chi connectivity index (χ3v) is 2.65. The van der Waals surface area contributed by atoms with E-state index < -0.39 is 0 Å². The number of para-hydroxylation sites is 1. The third kappa shape index (κ3) is 1.48. The van der Waals surface area contributed by atoms with Gasteiger partial charge < -0.3 is 10.1 Å². The summed E-state index contributed by atoms with van der Waals surface area (Å²) >= 11 is 0. The number of hydrogen-bond acceptors (Lipinski definition) is 3. The molecule has 3 rings (SSSR count). The molecule has 80 valence electrons. The van der Waals surface area contributed by atoms with E-state index in [1.54, 1.807) is 0 Å². The zero-order chi connectivity index (χ0) is 11.0. The monoisotopic (exact) mass is 214 g/mol. The van der Waals surface area contributed by atoms with Gasteiger partial charge in [-0.25, -0.2) is 4.79 Å². The molecule has 0 spiro atoms. The summed E-state index contributed by atoms with van der Waals surface area (Å²) in [4.78, 5) is 15.4. The number of aromatic nitrogens is 1. The van der Waals surface area contributed by atoms with E-state index in [2.05, 4.69) is 10.3 Å². The molecule has 0 bridgehead atoms. The molecule has 1 aromatic heterocycles. The quantitative estimate of drug-likeness (QED) is 0.790. The van der Waals surface area contributed by atoms with Crippen LogP contribution in [-0.2, 0) is 4.74 Å². The van der Waals surface area contributed by atoms with Crippen LogP contribution in [0.5, 0.6) is 0 Å². The number of benzene rings is 1. The normalized spacial score (nSPS) is 19.5. The topological polar surface area (TPSA) is 51.2 Å². The van der Waals surface area contributed by atoms with Crippen LogP contribution in [0.25, 0.3) is 10.9 Å². The first-order valence-corrected chi connectivity index (χ1v) is 5.12. The Bertz CT molecular complexity index is 553. The van der Waals surface area contributed by atoms with Crippen LogP contribution in [0.4, 0.5) is 4.79 Å². The molecule has 0 aliphatic carbocycles. The van der Waals surface area contributed by atoms with Gasteiger partial charge in [-0.2, -0.15) is 0 Å². The van der Waals surface area contributed by atoms with Crippen LogP contribution >= 0.6 is 0 Å². The second-order valence-corrected chi connectivity index (χ2v) is 3.72. The minimum absolute atomic E-state index is 0.128. The Labute approximate surface area is 92.2 Å². The molecule has 1 aromatic carbocycles. The van der Waals surface area contributed by atoms with E-state index >= 15 is 0 Å². The number of ether oxygens (including phenoxy) is 1. The van der Waals surface area contributed by atoms with E-state index in [0.717, 1.165) is 16.6 Å². The highest BCUT2D eigenvalue weighted by Gasteiger charge is 2.24. The van der Waals surface area contributed by atoms with Crippen molar-refractivity contribution in [3.8, 4) is 0 Å². The standard InChI is InChI=1S/C12H10N2O2/c15-12-14-11(7-16-12)10-6-5-8-3-1-2-4-9(8)13-10/h1-6,11H,7H2,(H,14,15)/t11-/m0/s1. The highest BCUT2D eigenvalue weighted by molar-refractivity contribution is 5.78. The number of amides is 1. The second kappa shape index (κ2) is 3.48. The minimum atomic E-state index is -0.375. The average molecular weight is 214 g/mol. The molecule has 2 heterocycles. The van der Waals surface area contributed by atoms with Gasteiger partial charge >= 0.3 is 6.09 Å². The number of fused-ring (bicyclic) bond motifs is 1. The molecule has 4 heteroatoms. The third-order valence-electron chi connectivity index (χ3n) is 2.65. The van der Waals surface area contributed by atoms with Gasteiger partial charge in [-0.05, 0) is 12.1 Å². The van der Waals surface area contributed by atoms with Gasteiger partial charge in [0.15, 0.2) is 0 Å². The molecule has 0 saturated carbocycles. The maximum Gasteiger partial charge on any atom is 0.407 e. The van der Waals surface area contributed by atoms with Crippen molar-refractivity contribution in [1.82, 2.24) is 10.3 Å². The van der Waals surface area contributed by atoms with Crippen LogP contribution in [0.15, 0.2) is 36.4 Å². The molecule has 1 aliphatic rings. The number of nitrogens with zero attached hydrogens (tertiary/aromatic N) is 1. The number of carbonyl (C=O) groups excluding carboxylic acids is 1. The molecule has 1 amide bonds. The lowest BCUT2D eigenvalue weighted by atomic mass is 10.1. The van der Waals surface area contributed by atoms with Crippen LogP contribution in [-0.4, -0.2) is 17.7 Å². The largest absolute Gasteiger partial charge is 0.447 e. The Kier molecular flexibility index (Phi) is 1.99. The Hall–Kier alpha value is -2.10. The first-order chi connectivity index (χ1) is 7.83. The Morgan fingerprint density at radius 2 is 2.12 bits per heavy atom. The maximum atomic E-state index is 10.9. The van der Waals surface area contributed by atoms with Crippen LogP contribution in [0.1, 0.15) is 11.7 Å². The van der Waals surface area contributed by atoms with Gasteiger partial charge in [-0.15, -0.1) is 0 Å². The second-order valence-electron chi connectivity index (χ2n) is 3.72. The fourth-order valence-electron chi connectivity index (χ4n) is 1.82. The van der Waals surface area contributed by atoms with Crippen molar-refractivity contribution in [3.05, 3.63) is 42.1 Å². The summed E-state index contributed by atoms with van der Waals surface area (Å²) < 4.78 is 4.84. The number of pyridine rings is 1. The number of nitrogens with one attached hydrogen (secondary N) is 1. The van der Waals surface area contributed by atoms with Gasteiger partial charge in [0, 0.05) is 5.39 Å². The number of carbonyl (C=O) groups is 1. The summed E-state index contributed by atoms with van der Waals surface area (Å²) in [5.41, 5.74) is 1.77. The lowest BCUT2D eigenvalue weighted by Crippen LogP contribution is -2.19. The summed E-state index contributed by atoms with van der Waals surface area (Å²) in [6, 6.07) is 11.7. The molecule has 1 saturated heterocycles. The Morgan fingerprint density at radius 3 is 2.94 bits per heavy atom. The van der Waals surface area contributed by atoms with Crippen LogP contribution in [0, 0.1) is 0 Å². The van der Waals surface area contributed by atoms with E-state index in [-0.39, 0.29) is 12.1 Å². The summed E-state index contributed by atoms with van der Waals surface area (Å²) in [6.45, 7) is 0.351. The molecule has 16 heavy (non-hydrogen) atoms. The van der Waals surface area contributed by atoms with E-state index in [9.17, 15) is 4.79 Å². The molecule has 1 fully saturated rings. The molecule has 4 nitrogen and oxygen atoms in total. The van der Waals surface area contributed by atoms with Crippen molar-refractivity contribution in [3.63, 3.8) is 0 Å². The van der Waals surface area contributed by atoms with Gasteiger partial charge in [0.05, 0.1) is 11.2 Å². The molecule has 1 N–H and O–H groups in total. The summed E-state index contributed by atoms with van der Waals surface area (Å²) in [6.07, 6.45) is -0.375. The predicted molar refractivity (Wildman–Crippen MR) is 59.0 cm³/mol. The highest BCUT2D eigenvalue weighted by Crippen LogP contribution is 2.19. The molecule has 0 unspecified atom stereocenters. The van der Waals surface area contributed by atoms with Crippen molar-refractivity contribution in [2.45, 2.75) is 6.04 Å². The fraction of sp³-hybridized carbons (Fsp3) is 0.167. The Balaban J connectivity index is 2.02. The molecular weight excluding hydrogens is 204 g/mol. The van der Waals surface area contributed by atoms with Crippen molar-refractivity contribution in [2.75, 3.05) is 6.61 Å². The SMILES string of the molecule is O=C1N[C@H](c2ccc3ccccc3n2)CO1. The van der Waals surface area contributed by atoms with Crippen molar-refractivity contribution in [1.29, 1.82) is 0 Å². The molecule has 2 aromatic rings. The van der Waals surface area contributed by atoms with Crippen LogP contribution < -0.4 is 5.32 Å². The van der Waals surface area contributed by atoms with Gasteiger partial charge in [-0.3, -0.25) is 4.98 Å². The Morgan fingerprint density at radius 1 is 1.25 bits per heavy atom. The van der Waals surface area contributed by atoms with Crippen LogP contribution in [0.3, 0.4) is 0 Å². The fourth-order valence-corrected chi connectivity index (χ4v) is 1.82. The van der Waals surface area contributed by atoms with Gasteiger partial charge in [-0.1, -0.05) is 24.3 Å². The van der Waals surface area contributed by atoms with Crippen LogP contribution in [0.2, 0.25) is 0 Å². The number of cyclic esters (lactones) is 1. The minimum Gasteiger partial charge on any atom is -0.447 e. The molecule has 0 radical (unpaired) electrons. The maximum absolute atomic E-state index is 10.9. The average Bonchev–Trinajstić information content (AvgIpc) is 2.75. The lowest BCUT2D eigenvalue weighted by molar-refractivity contribution is 0.177. The van der Waals surface area contributed by atoms with Gasteiger partial charge in [0.2, 0.25) is 0 Å². The summed E-state index contributed by atoms with van der Waals surface area (Å²) in [5, 5.41) is 3.81. The van der Waals surface area contributed by atoms with E-state index in [4.69, 9.17) is 4.74 Å². The smallest absolute Gasteiger partial charge is 0.407 e. The van der Waals surface area contributed by atoms with Crippen molar-refractivity contribution >= 4 is 17.0 Å².